The molecule has 9 N–H and O–H groups in total. The van der Waals surface area contributed by atoms with E-state index in [0.29, 0.717) is 13.0 Å². The monoisotopic (exact) mass is 896 g/mol. The number of cyclic esters (lactones) is 1. The molecule has 0 aliphatic carbocycles. The Labute approximate surface area is 370 Å². The van der Waals surface area contributed by atoms with Crippen LogP contribution in [-0.4, -0.2) is 213 Å². The van der Waals surface area contributed by atoms with Crippen molar-refractivity contribution in [2.45, 2.75) is 204 Å². The van der Waals surface area contributed by atoms with Crippen molar-refractivity contribution in [1.82, 2.24) is 15.1 Å². The van der Waals surface area contributed by atoms with Crippen molar-refractivity contribution >= 4 is 5.97 Å². The second-order valence-electron chi connectivity index (χ2n) is 20.1. The molecule has 3 aliphatic heterocycles. The normalized spacial score (nSPS) is 44.4. The van der Waals surface area contributed by atoms with E-state index < -0.39 is 120 Å². The summed E-state index contributed by atoms with van der Waals surface area (Å²) in [7, 11) is 5.06. The van der Waals surface area contributed by atoms with Crippen LogP contribution in [0.4, 0.5) is 0 Å². The molecule has 0 aromatic heterocycles. The van der Waals surface area contributed by atoms with Gasteiger partial charge in [-0.05, 0) is 94.7 Å². The molecule has 2 unspecified atom stereocenters. The SMILES string of the molecule is CC[C@H]1OC(=O)[C@H](C)[C@@H](O[C@H]2C[C@@](C)(OC)[C@@H](O)[C@H](C)O2)[C@H](C)[C@@H](O[C@@H]2O[C@H](C)CC(N(C)CC(O)CNC(C)(CO)CO)[C@H]2O)[C@](C)(O)C[C@@H](C)CN(C)[C@H](C)[C@@H](O)[C@]1(C)O. The van der Waals surface area contributed by atoms with Gasteiger partial charge in [0.25, 0.3) is 0 Å². The number of ether oxygens (including phenoxy) is 6. The summed E-state index contributed by atoms with van der Waals surface area (Å²) in [5, 5.41) is 92.4. The van der Waals surface area contributed by atoms with Crippen molar-refractivity contribution in [3.05, 3.63) is 0 Å². The Kier molecular flexibility index (Phi) is 20.1. The van der Waals surface area contributed by atoms with Crippen molar-refractivity contribution in [2.75, 3.05) is 54.1 Å². The number of methoxy groups -OCH3 is 1. The number of nitrogens with zero attached hydrogens (tertiary/aromatic N) is 2. The maximum Gasteiger partial charge on any atom is 0.311 e. The molecule has 0 aromatic carbocycles. The second kappa shape index (κ2) is 22.5. The number of rotatable bonds is 14. The largest absolute Gasteiger partial charge is 0.459 e. The van der Waals surface area contributed by atoms with Crippen LogP contribution in [0, 0.1) is 17.8 Å². The molecule has 18 heteroatoms. The quantitative estimate of drug-likeness (QED) is 0.104. The predicted molar refractivity (Wildman–Crippen MR) is 230 cm³/mol. The summed E-state index contributed by atoms with van der Waals surface area (Å²) < 4.78 is 37.8. The van der Waals surface area contributed by atoms with E-state index in [-0.39, 0.29) is 51.5 Å². The highest BCUT2D eigenvalue weighted by Crippen LogP contribution is 2.40. The first-order valence-electron chi connectivity index (χ1n) is 22.5. The van der Waals surface area contributed by atoms with Gasteiger partial charge in [-0.1, -0.05) is 20.8 Å². The number of aliphatic hydroxyl groups is 8. The van der Waals surface area contributed by atoms with Gasteiger partial charge in [0, 0.05) is 51.2 Å². The first-order valence-corrected chi connectivity index (χ1v) is 22.5. The summed E-state index contributed by atoms with van der Waals surface area (Å²) in [4.78, 5) is 18.1. The maximum atomic E-state index is 14.4. The summed E-state index contributed by atoms with van der Waals surface area (Å²) in [6.45, 7) is 18.8. The van der Waals surface area contributed by atoms with Crippen LogP contribution in [0.2, 0.25) is 0 Å². The van der Waals surface area contributed by atoms with Gasteiger partial charge in [0.15, 0.2) is 12.6 Å². The van der Waals surface area contributed by atoms with Crippen LogP contribution in [0.1, 0.15) is 102 Å². The molecule has 0 amide bonds. The molecule has 62 heavy (non-hydrogen) atoms. The first-order chi connectivity index (χ1) is 28.6. The Morgan fingerprint density at radius 2 is 1.60 bits per heavy atom. The number of hydrogen-bond acceptors (Lipinski definition) is 18. The number of nitrogens with one attached hydrogen (secondary N) is 1. The lowest BCUT2D eigenvalue weighted by molar-refractivity contribution is -0.318. The van der Waals surface area contributed by atoms with Gasteiger partial charge in [-0.25, -0.2) is 0 Å². The predicted octanol–water partition coefficient (Wildman–Crippen LogP) is -0.0353. The number of carbonyl (C=O) groups is 1. The Morgan fingerprint density at radius 3 is 2.16 bits per heavy atom. The molecule has 19 atom stereocenters. The van der Waals surface area contributed by atoms with E-state index in [1.54, 1.807) is 67.3 Å². The van der Waals surface area contributed by atoms with E-state index in [2.05, 4.69) is 5.32 Å². The zero-order chi connectivity index (χ0) is 47.3. The molecule has 3 heterocycles. The summed E-state index contributed by atoms with van der Waals surface area (Å²) in [5.41, 5.74) is -5.58. The fourth-order valence-corrected chi connectivity index (χ4v) is 9.72. The third-order valence-electron chi connectivity index (χ3n) is 14.1. The van der Waals surface area contributed by atoms with Crippen LogP contribution in [0.5, 0.6) is 0 Å². The topological polar surface area (TPSA) is 253 Å². The van der Waals surface area contributed by atoms with Crippen LogP contribution in [-0.2, 0) is 33.2 Å². The second-order valence-corrected chi connectivity index (χ2v) is 20.1. The Balaban J connectivity index is 2.11. The van der Waals surface area contributed by atoms with Crippen molar-refractivity contribution in [3.8, 4) is 0 Å². The molecular weight excluding hydrogens is 810 g/mol. The fraction of sp³-hybridized carbons (Fsp3) is 0.977. The van der Waals surface area contributed by atoms with Crippen LogP contribution in [0.15, 0.2) is 0 Å². The van der Waals surface area contributed by atoms with E-state index in [1.807, 2.05) is 25.8 Å². The molecule has 3 rings (SSSR count). The highest BCUT2D eigenvalue weighted by molar-refractivity contribution is 5.73. The molecule has 0 saturated carbocycles. The minimum absolute atomic E-state index is 0.0643. The van der Waals surface area contributed by atoms with Crippen molar-refractivity contribution in [1.29, 1.82) is 0 Å². The van der Waals surface area contributed by atoms with Gasteiger partial charge in [-0.15, -0.1) is 0 Å². The highest BCUT2D eigenvalue weighted by atomic mass is 16.7. The van der Waals surface area contributed by atoms with Gasteiger partial charge in [0.1, 0.15) is 30.0 Å². The maximum absolute atomic E-state index is 14.4. The van der Waals surface area contributed by atoms with Crippen LogP contribution >= 0.6 is 0 Å². The van der Waals surface area contributed by atoms with Crippen molar-refractivity contribution in [3.63, 3.8) is 0 Å². The fourth-order valence-electron chi connectivity index (χ4n) is 9.72. The number of hydrogen-bond donors (Lipinski definition) is 9. The zero-order valence-corrected chi connectivity index (χ0v) is 39.9. The average Bonchev–Trinajstić information content (AvgIpc) is 3.20. The van der Waals surface area contributed by atoms with Gasteiger partial charge in [0.05, 0.1) is 66.4 Å². The summed E-state index contributed by atoms with van der Waals surface area (Å²) >= 11 is 0. The first kappa shape index (κ1) is 55.2. The van der Waals surface area contributed by atoms with Gasteiger partial charge in [-0.3, -0.25) is 9.69 Å². The Bertz CT molecular complexity index is 1380. The summed E-state index contributed by atoms with van der Waals surface area (Å²) in [5.74, 6) is -2.89. The molecule has 0 spiro atoms. The Morgan fingerprint density at radius 1 is 0.984 bits per heavy atom. The third kappa shape index (κ3) is 13.3. The van der Waals surface area contributed by atoms with Crippen LogP contribution in [0.25, 0.3) is 0 Å². The Hall–Kier alpha value is -1.17. The molecule has 3 fully saturated rings. The van der Waals surface area contributed by atoms with Gasteiger partial charge >= 0.3 is 5.97 Å². The molecule has 18 nitrogen and oxygen atoms in total. The van der Waals surface area contributed by atoms with Gasteiger partial charge < -0.3 is 79.5 Å². The van der Waals surface area contributed by atoms with E-state index in [4.69, 9.17) is 28.4 Å². The smallest absolute Gasteiger partial charge is 0.311 e. The number of carbonyl (C=O) groups excluding carboxylic acids is 1. The molecular formula is C44H85N3O15. The lowest BCUT2D eigenvalue weighted by Gasteiger charge is -2.49. The minimum atomic E-state index is -1.85. The lowest BCUT2D eigenvalue weighted by atomic mass is 9.77. The molecule has 3 saturated heterocycles. The molecule has 3 aliphatic rings. The third-order valence-corrected chi connectivity index (χ3v) is 14.1. The number of β-amino-alcohol motifs (C(OH)–C–C–N with tert-alkyl or cyclic N) is 1. The molecule has 0 aromatic rings. The number of esters is 1. The molecule has 0 bridgehead atoms. The summed E-state index contributed by atoms with van der Waals surface area (Å²) in [6.07, 6.45) is -10.6. The van der Waals surface area contributed by atoms with Crippen molar-refractivity contribution < 1.29 is 74.1 Å². The standard InChI is InChI=1S/C44H85N3O15/c1-15-32-44(11,56)36(52)28(6)46(12)20-24(2)17-42(9,55)38(26(4)35(27(5)39(54)60-32)61-33-18-43(10,57-14)37(53)29(7)59-33)62-40-34(51)31(16-25(3)58-40)47(13)21-30(50)19-45-41(8,22-48)23-49/h24-38,40,45,48-53,55-56H,15-23H2,1-14H3/t24-,25-,26+,27-,28-,29+,30?,31?,32-,33+,34-,35+,36-,37+,38-,40+,42-,43-,44-/m1/s1. The van der Waals surface area contributed by atoms with E-state index >= 15 is 0 Å². The van der Waals surface area contributed by atoms with Gasteiger partial charge in [0.2, 0.25) is 0 Å². The van der Waals surface area contributed by atoms with Crippen LogP contribution in [0.3, 0.4) is 0 Å². The lowest BCUT2D eigenvalue weighted by Crippen LogP contribution is -2.61. The molecule has 0 radical (unpaired) electrons. The van der Waals surface area contributed by atoms with E-state index in [0.717, 1.165) is 0 Å². The number of likely N-dealkylation sites (N-methyl/N-ethyl adjacent to an activating group) is 2. The van der Waals surface area contributed by atoms with Crippen LogP contribution < -0.4 is 5.32 Å². The van der Waals surface area contributed by atoms with Gasteiger partial charge in [-0.2, -0.15) is 0 Å². The van der Waals surface area contributed by atoms with Crippen molar-refractivity contribution in [2.24, 2.45) is 17.8 Å². The summed E-state index contributed by atoms with van der Waals surface area (Å²) in [6, 6.07) is -1.16. The van der Waals surface area contributed by atoms with E-state index in [9.17, 15) is 45.6 Å². The highest BCUT2D eigenvalue weighted by Gasteiger charge is 2.53. The van der Waals surface area contributed by atoms with E-state index in [1.165, 1.54) is 14.0 Å². The number of aliphatic hydroxyl groups excluding tert-OH is 6. The average molecular weight is 896 g/mol. The molecule has 366 valence electrons. The minimum Gasteiger partial charge on any atom is -0.459 e. The zero-order valence-electron chi connectivity index (χ0n) is 39.9.